The first-order valence-corrected chi connectivity index (χ1v) is 13.8. The van der Waals surface area contributed by atoms with Crippen LogP contribution in [0.3, 0.4) is 0 Å². The number of amides is 1. The van der Waals surface area contributed by atoms with E-state index < -0.39 is 35.0 Å². The number of nitrogens with zero attached hydrogens (tertiary/aromatic N) is 2. The lowest BCUT2D eigenvalue weighted by molar-refractivity contribution is -0.113. The predicted octanol–water partition coefficient (Wildman–Crippen LogP) is 6.81. The molecule has 0 unspecified atom stereocenters. The third kappa shape index (κ3) is 7.46. The van der Waals surface area contributed by atoms with Gasteiger partial charge in [-0.25, -0.2) is 17.6 Å². The fourth-order valence-corrected chi connectivity index (χ4v) is 4.78. The van der Waals surface area contributed by atoms with E-state index in [9.17, 15) is 27.2 Å². The van der Waals surface area contributed by atoms with Crippen molar-refractivity contribution in [1.82, 2.24) is 9.80 Å². The summed E-state index contributed by atoms with van der Waals surface area (Å²) in [5.74, 6) is -4.76. The van der Waals surface area contributed by atoms with Crippen LogP contribution in [0.5, 0.6) is 5.75 Å². The van der Waals surface area contributed by atoms with Crippen molar-refractivity contribution in [2.75, 3.05) is 39.3 Å². The van der Waals surface area contributed by atoms with Gasteiger partial charge in [0.25, 0.3) is 5.91 Å². The van der Waals surface area contributed by atoms with Crippen molar-refractivity contribution >= 4 is 35.4 Å². The number of hydrogen-bond acceptors (Lipinski definition) is 4. The molecule has 4 rings (SSSR count). The summed E-state index contributed by atoms with van der Waals surface area (Å²) in [5.41, 5.74) is 0.916. The highest BCUT2D eigenvalue weighted by atomic mass is 35.5. The quantitative estimate of drug-likeness (QED) is 0.200. The number of hydrogen-bond donors (Lipinski definition) is 0. The predicted molar refractivity (Wildman–Crippen MR) is 154 cm³/mol. The topological polar surface area (TPSA) is 49.9 Å². The number of piperidine rings is 1. The number of likely N-dealkylation sites (N-methyl/N-ethyl adjacent to an activating group) is 1. The van der Waals surface area contributed by atoms with Gasteiger partial charge >= 0.3 is 0 Å². The van der Waals surface area contributed by atoms with Gasteiger partial charge in [-0.15, -0.1) is 0 Å². The Morgan fingerprint density at radius 3 is 1.88 bits per heavy atom. The number of Topliss-reactive ketones (excluding diaryl/α,β-unsaturated/α-hetero) is 1. The number of ether oxygens (including phenoxy) is 1. The Bertz CT molecular complexity index is 1480. The van der Waals surface area contributed by atoms with Crippen LogP contribution in [0.4, 0.5) is 17.6 Å². The molecule has 0 bridgehead atoms. The Morgan fingerprint density at radius 1 is 0.857 bits per heavy atom. The standard InChI is InChI=1S/C32H29ClF4N2O3/c1-3-38(4-2)11-12-42-30-10-7-22(17-25(30)33)32(41)39-18-23(13-20-5-8-26(34)28(36)15-20)31(40)24(19-39)14-21-6-9-27(35)29(37)16-21/h5-10,13-17H,3-4,11-12,18-19H2,1-2H3/b23-13+,24-14+. The molecule has 1 amide bonds. The van der Waals surface area contributed by atoms with E-state index in [-0.39, 0.29) is 45.9 Å². The first-order chi connectivity index (χ1) is 20.1. The van der Waals surface area contributed by atoms with Crippen LogP contribution in [0.25, 0.3) is 12.2 Å². The van der Waals surface area contributed by atoms with Crippen LogP contribution >= 0.6 is 11.6 Å². The molecule has 1 aliphatic heterocycles. The van der Waals surface area contributed by atoms with Crippen molar-refractivity contribution in [3.63, 3.8) is 0 Å². The highest BCUT2D eigenvalue weighted by Gasteiger charge is 2.30. The van der Waals surface area contributed by atoms with E-state index in [2.05, 4.69) is 18.7 Å². The van der Waals surface area contributed by atoms with Crippen LogP contribution in [-0.4, -0.2) is 60.8 Å². The van der Waals surface area contributed by atoms with Gasteiger partial charge in [-0.2, -0.15) is 0 Å². The maximum absolute atomic E-state index is 13.9. The third-order valence-corrected chi connectivity index (χ3v) is 7.20. The van der Waals surface area contributed by atoms with Crippen molar-refractivity contribution in [1.29, 1.82) is 0 Å². The average Bonchev–Trinajstić information content (AvgIpc) is 2.97. The van der Waals surface area contributed by atoms with E-state index in [4.69, 9.17) is 16.3 Å². The van der Waals surface area contributed by atoms with Gasteiger partial charge in [-0.1, -0.05) is 37.6 Å². The number of likely N-dealkylation sites (tertiary alicyclic amines) is 1. The van der Waals surface area contributed by atoms with Crippen LogP contribution < -0.4 is 4.74 Å². The van der Waals surface area contributed by atoms with Gasteiger partial charge < -0.3 is 14.5 Å². The maximum atomic E-state index is 13.9. The molecule has 1 heterocycles. The lowest BCUT2D eigenvalue weighted by atomic mass is 9.93. The normalized spacial score (nSPS) is 15.6. The Morgan fingerprint density at radius 2 is 1.40 bits per heavy atom. The number of halogens is 5. The number of ketones is 1. The molecule has 0 aliphatic carbocycles. The summed E-state index contributed by atoms with van der Waals surface area (Å²) < 4.78 is 60.4. The molecule has 3 aromatic carbocycles. The Labute approximate surface area is 246 Å². The molecule has 0 N–H and O–H groups in total. The number of carbonyl (C=O) groups is 2. The second-order valence-corrected chi connectivity index (χ2v) is 10.1. The van der Waals surface area contributed by atoms with E-state index in [0.29, 0.717) is 18.9 Å². The molecule has 0 atom stereocenters. The van der Waals surface area contributed by atoms with Crippen molar-refractivity contribution in [3.05, 3.63) is 111 Å². The monoisotopic (exact) mass is 600 g/mol. The largest absolute Gasteiger partial charge is 0.491 e. The molecule has 0 saturated carbocycles. The second-order valence-electron chi connectivity index (χ2n) is 9.70. The smallest absolute Gasteiger partial charge is 0.254 e. The number of rotatable bonds is 9. The Balaban J connectivity index is 1.63. The van der Waals surface area contributed by atoms with Crippen molar-refractivity contribution in [2.45, 2.75) is 13.8 Å². The zero-order valence-electron chi connectivity index (χ0n) is 23.1. The SMILES string of the molecule is CCN(CC)CCOc1ccc(C(=O)N2C/C(=C\c3ccc(F)c(F)c3)C(=O)/C(=C/c3ccc(F)c(F)c3)C2)cc1Cl. The van der Waals surface area contributed by atoms with Crippen LogP contribution in [0.15, 0.2) is 65.7 Å². The Hall–Kier alpha value is -3.95. The molecule has 10 heteroatoms. The van der Waals surface area contributed by atoms with Gasteiger partial charge in [-0.3, -0.25) is 9.59 Å². The summed E-state index contributed by atoms with van der Waals surface area (Å²) in [5, 5.41) is 0.239. The molecule has 0 aromatic heterocycles. The third-order valence-electron chi connectivity index (χ3n) is 6.90. The fourth-order valence-electron chi connectivity index (χ4n) is 4.55. The second kappa shape index (κ2) is 13.8. The average molecular weight is 601 g/mol. The molecule has 5 nitrogen and oxygen atoms in total. The highest BCUT2D eigenvalue weighted by Crippen LogP contribution is 2.29. The highest BCUT2D eigenvalue weighted by molar-refractivity contribution is 6.32. The van der Waals surface area contributed by atoms with Gasteiger partial charge in [0.15, 0.2) is 29.1 Å². The molecule has 220 valence electrons. The summed E-state index contributed by atoms with van der Waals surface area (Å²) in [6, 6.07) is 11.0. The summed E-state index contributed by atoms with van der Waals surface area (Å²) in [6.07, 6.45) is 2.73. The zero-order valence-corrected chi connectivity index (χ0v) is 23.9. The van der Waals surface area contributed by atoms with Crippen LogP contribution in [0, 0.1) is 23.3 Å². The van der Waals surface area contributed by atoms with Crippen LogP contribution in [-0.2, 0) is 4.79 Å². The molecule has 0 radical (unpaired) electrons. The minimum atomic E-state index is -1.09. The molecule has 1 aliphatic rings. The molecular weight excluding hydrogens is 572 g/mol. The van der Waals surface area contributed by atoms with Crippen LogP contribution in [0.1, 0.15) is 35.3 Å². The van der Waals surface area contributed by atoms with Gasteiger partial charge in [0, 0.05) is 23.3 Å². The van der Waals surface area contributed by atoms with E-state index in [1.165, 1.54) is 35.3 Å². The van der Waals surface area contributed by atoms with Gasteiger partial charge in [-0.05, 0) is 78.8 Å². The van der Waals surface area contributed by atoms with E-state index >= 15 is 0 Å². The van der Waals surface area contributed by atoms with E-state index in [1.54, 1.807) is 12.1 Å². The number of carbonyl (C=O) groups excluding carboxylic acids is 2. The maximum Gasteiger partial charge on any atom is 0.254 e. The molecule has 0 spiro atoms. The minimum Gasteiger partial charge on any atom is -0.491 e. The van der Waals surface area contributed by atoms with Crippen molar-refractivity contribution in [3.8, 4) is 5.75 Å². The summed E-state index contributed by atoms with van der Waals surface area (Å²) in [7, 11) is 0. The first-order valence-electron chi connectivity index (χ1n) is 13.4. The van der Waals surface area contributed by atoms with Crippen LogP contribution in [0.2, 0.25) is 5.02 Å². The summed E-state index contributed by atoms with van der Waals surface area (Å²) in [6.45, 7) is 6.75. The summed E-state index contributed by atoms with van der Waals surface area (Å²) in [4.78, 5) is 30.5. The van der Waals surface area contributed by atoms with Gasteiger partial charge in [0.05, 0.1) is 18.1 Å². The Kier molecular flexibility index (Phi) is 10.2. The lowest BCUT2D eigenvalue weighted by Gasteiger charge is -2.30. The zero-order chi connectivity index (χ0) is 30.4. The van der Waals surface area contributed by atoms with Gasteiger partial charge in [0.2, 0.25) is 0 Å². The molecule has 42 heavy (non-hydrogen) atoms. The van der Waals surface area contributed by atoms with Gasteiger partial charge in [0.1, 0.15) is 12.4 Å². The van der Waals surface area contributed by atoms with E-state index in [1.807, 2.05) is 0 Å². The fraction of sp³-hybridized carbons (Fsp3) is 0.250. The van der Waals surface area contributed by atoms with Crippen molar-refractivity contribution < 1.29 is 31.9 Å². The van der Waals surface area contributed by atoms with Crippen molar-refractivity contribution in [2.24, 2.45) is 0 Å². The first kappa shape index (κ1) is 31.0. The molecule has 3 aromatic rings. The summed E-state index contributed by atoms with van der Waals surface area (Å²) >= 11 is 6.43. The van der Waals surface area contributed by atoms with E-state index in [0.717, 1.165) is 37.4 Å². The molecule has 1 fully saturated rings. The lowest BCUT2D eigenvalue weighted by Crippen LogP contribution is -2.41. The minimum absolute atomic E-state index is 0.122. The molecular formula is C32H29ClF4N2O3. The number of benzene rings is 3. The molecule has 1 saturated heterocycles.